The van der Waals surface area contributed by atoms with Gasteiger partial charge >= 0.3 is 0 Å². The molecule has 98 valence electrons. The van der Waals surface area contributed by atoms with Crippen molar-refractivity contribution in [1.82, 2.24) is 5.32 Å². The van der Waals surface area contributed by atoms with Crippen molar-refractivity contribution in [2.75, 3.05) is 6.54 Å². The minimum absolute atomic E-state index is 0.155. The quantitative estimate of drug-likeness (QED) is 0.867. The Bertz CT molecular complexity index is 377. The number of nitrogens with one attached hydrogen (secondary N) is 1. The molecule has 1 saturated heterocycles. The third-order valence-corrected chi connectivity index (χ3v) is 3.34. The highest BCUT2D eigenvalue weighted by Gasteiger charge is 2.26. The van der Waals surface area contributed by atoms with Crippen LogP contribution in [0.3, 0.4) is 0 Å². The van der Waals surface area contributed by atoms with Crippen molar-refractivity contribution in [1.29, 1.82) is 0 Å². The summed E-state index contributed by atoms with van der Waals surface area (Å²) in [5.41, 5.74) is 1.18. The van der Waals surface area contributed by atoms with Gasteiger partial charge in [-0.25, -0.2) is 0 Å². The Morgan fingerprint density at radius 2 is 2.17 bits per heavy atom. The molecule has 0 amide bonds. The highest BCUT2D eigenvalue weighted by atomic mass is 16.5. The third kappa shape index (κ3) is 3.93. The smallest absolute Gasteiger partial charge is 0.131 e. The molecule has 0 saturated carbocycles. The van der Waals surface area contributed by atoms with Gasteiger partial charge in [0.2, 0.25) is 0 Å². The summed E-state index contributed by atoms with van der Waals surface area (Å²) in [6, 6.07) is 10.4. The van der Waals surface area contributed by atoms with Gasteiger partial charge in [0.15, 0.2) is 0 Å². The normalized spacial score (nSPS) is 23.8. The van der Waals surface area contributed by atoms with E-state index in [0.717, 1.165) is 19.4 Å². The summed E-state index contributed by atoms with van der Waals surface area (Å²) in [4.78, 5) is 11.2. The average Bonchev–Trinajstić information content (AvgIpc) is 2.38. The molecule has 1 N–H and O–H groups in total. The van der Waals surface area contributed by atoms with Crippen LogP contribution in [0.1, 0.15) is 31.7 Å². The van der Waals surface area contributed by atoms with Gasteiger partial charge in [0.05, 0.1) is 12.7 Å². The van der Waals surface area contributed by atoms with E-state index in [4.69, 9.17) is 4.74 Å². The van der Waals surface area contributed by atoms with Crippen molar-refractivity contribution in [3.05, 3.63) is 35.9 Å². The highest BCUT2D eigenvalue weighted by Crippen LogP contribution is 2.17. The van der Waals surface area contributed by atoms with E-state index in [-0.39, 0.29) is 17.9 Å². The number of ketones is 1. The van der Waals surface area contributed by atoms with Crippen molar-refractivity contribution in [3.8, 4) is 0 Å². The zero-order valence-corrected chi connectivity index (χ0v) is 10.9. The van der Waals surface area contributed by atoms with Crippen molar-refractivity contribution in [2.24, 2.45) is 0 Å². The summed E-state index contributed by atoms with van der Waals surface area (Å²) in [6.07, 6.45) is 2.88. The Morgan fingerprint density at radius 3 is 2.89 bits per heavy atom. The molecule has 3 nitrogen and oxygen atoms in total. The Hall–Kier alpha value is -1.19. The molecule has 0 aliphatic carbocycles. The first kappa shape index (κ1) is 13.2. The SMILES string of the molecule is CC(=O)CC1NCCCC1OCc1ccccc1. The van der Waals surface area contributed by atoms with Crippen LogP contribution < -0.4 is 5.32 Å². The Morgan fingerprint density at radius 1 is 1.39 bits per heavy atom. The van der Waals surface area contributed by atoms with E-state index in [1.54, 1.807) is 6.92 Å². The molecule has 3 heteroatoms. The molecule has 1 aromatic carbocycles. The summed E-state index contributed by atoms with van der Waals surface area (Å²) in [6.45, 7) is 3.26. The molecular weight excluding hydrogens is 226 g/mol. The third-order valence-electron chi connectivity index (χ3n) is 3.34. The number of carbonyl (C=O) groups is 1. The number of hydrogen-bond acceptors (Lipinski definition) is 3. The van der Waals surface area contributed by atoms with Crippen LogP contribution in [0.4, 0.5) is 0 Å². The maximum atomic E-state index is 11.2. The molecule has 0 bridgehead atoms. The molecule has 2 atom stereocenters. The van der Waals surface area contributed by atoms with Gasteiger partial charge in [-0.15, -0.1) is 0 Å². The number of Topliss-reactive ketones (excluding diaryl/α,β-unsaturated/α-hetero) is 1. The molecular formula is C15H21NO2. The summed E-state index contributed by atoms with van der Waals surface area (Å²) >= 11 is 0. The molecule has 1 heterocycles. The first-order valence-corrected chi connectivity index (χ1v) is 6.64. The highest BCUT2D eigenvalue weighted by molar-refractivity contribution is 5.76. The number of hydrogen-bond donors (Lipinski definition) is 1. The van der Waals surface area contributed by atoms with Crippen LogP contribution in [0.25, 0.3) is 0 Å². The van der Waals surface area contributed by atoms with Crippen molar-refractivity contribution in [3.63, 3.8) is 0 Å². The maximum absolute atomic E-state index is 11.2. The van der Waals surface area contributed by atoms with E-state index in [1.165, 1.54) is 5.56 Å². The van der Waals surface area contributed by atoms with Gasteiger partial charge < -0.3 is 10.1 Å². The van der Waals surface area contributed by atoms with Crippen LogP contribution in [-0.2, 0) is 16.1 Å². The van der Waals surface area contributed by atoms with Crippen LogP contribution in [-0.4, -0.2) is 24.5 Å². The Balaban J connectivity index is 1.87. The molecule has 0 spiro atoms. The number of piperidine rings is 1. The zero-order chi connectivity index (χ0) is 12.8. The molecule has 0 aromatic heterocycles. The second-order valence-corrected chi connectivity index (χ2v) is 4.94. The largest absolute Gasteiger partial charge is 0.372 e. The lowest BCUT2D eigenvalue weighted by Crippen LogP contribution is -2.46. The topological polar surface area (TPSA) is 38.3 Å². The summed E-state index contributed by atoms with van der Waals surface area (Å²) in [5.74, 6) is 0.225. The molecule has 2 unspecified atom stereocenters. The van der Waals surface area contributed by atoms with Gasteiger partial charge in [-0.3, -0.25) is 4.79 Å². The molecule has 1 aromatic rings. The minimum atomic E-state index is 0.155. The number of carbonyl (C=O) groups excluding carboxylic acids is 1. The Labute approximate surface area is 109 Å². The van der Waals surface area contributed by atoms with Gasteiger partial charge in [0, 0.05) is 12.5 Å². The molecule has 0 radical (unpaired) electrons. The summed E-state index contributed by atoms with van der Waals surface area (Å²) in [5, 5.41) is 3.39. The molecule has 1 fully saturated rings. The van der Waals surface area contributed by atoms with E-state index >= 15 is 0 Å². The van der Waals surface area contributed by atoms with Gasteiger partial charge in [-0.1, -0.05) is 30.3 Å². The fourth-order valence-corrected chi connectivity index (χ4v) is 2.41. The van der Waals surface area contributed by atoms with E-state index in [2.05, 4.69) is 17.4 Å². The van der Waals surface area contributed by atoms with Crippen LogP contribution in [0.5, 0.6) is 0 Å². The minimum Gasteiger partial charge on any atom is -0.372 e. The molecule has 1 aliphatic rings. The fraction of sp³-hybridized carbons (Fsp3) is 0.533. The number of ether oxygens (including phenoxy) is 1. The van der Waals surface area contributed by atoms with E-state index in [1.807, 2.05) is 18.2 Å². The van der Waals surface area contributed by atoms with Crippen molar-refractivity contribution < 1.29 is 9.53 Å². The standard InChI is InChI=1S/C15H21NO2/c1-12(17)10-14-15(8-5-9-16-14)18-11-13-6-3-2-4-7-13/h2-4,6-7,14-16H,5,8-11H2,1H3. The van der Waals surface area contributed by atoms with Crippen LogP contribution in [0.15, 0.2) is 30.3 Å². The summed E-state index contributed by atoms with van der Waals surface area (Å²) < 4.78 is 5.97. The van der Waals surface area contributed by atoms with Gasteiger partial charge in [0.1, 0.15) is 5.78 Å². The van der Waals surface area contributed by atoms with E-state index < -0.39 is 0 Å². The molecule has 2 rings (SSSR count). The first-order valence-electron chi connectivity index (χ1n) is 6.64. The lowest BCUT2D eigenvalue weighted by atomic mass is 9.97. The van der Waals surface area contributed by atoms with Crippen molar-refractivity contribution in [2.45, 2.75) is 44.9 Å². The van der Waals surface area contributed by atoms with E-state index in [9.17, 15) is 4.79 Å². The van der Waals surface area contributed by atoms with Crippen LogP contribution in [0, 0.1) is 0 Å². The average molecular weight is 247 g/mol. The molecule has 18 heavy (non-hydrogen) atoms. The van der Waals surface area contributed by atoms with Gasteiger partial charge in [-0.05, 0) is 31.9 Å². The van der Waals surface area contributed by atoms with Crippen molar-refractivity contribution >= 4 is 5.78 Å². The Kier molecular flexibility index (Phi) is 4.90. The lowest BCUT2D eigenvalue weighted by molar-refractivity contribution is -0.119. The molecule has 1 aliphatic heterocycles. The predicted molar refractivity (Wildman–Crippen MR) is 71.3 cm³/mol. The number of benzene rings is 1. The summed E-state index contributed by atoms with van der Waals surface area (Å²) in [7, 11) is 0. The maximum Gasteiger partial charge on any atom is 0.131 e. The van der Waals surface area contributed by atoms with Gasteiger partial charge in [-0.2, -0.15) is 0 Å². The van der Waals surface area contributed by atoms with Crippen LogP contribution in [0.2, 0.25) is 0 Å². The second-order valence-electron chi connectivity index (χ2n) is 4.94. The fourth-order valence-electron chi connectivity index (χ4n) is 2.41. The second kappa shape index (κ2) is 6.66. The van der Waals surface area contributed by atoms with Crippen LogP contribution >= 0.6 is 0 Å². The number of rotatable bonds is 5. The predicted octanol–water partition coefficient (Wildman–Crippen LogP) is 2.30. The lowest BCUT2D eigenvalue weighted by Gasteiger charge is -2.32. The first-order chi connectivity index (χ1) is 8.75. The monoisotopic (exact) mass is 247 g/mol. The van der Waals surface area contributed by atoms with Gasteiger partial charge in [0.25, 0.3) is 0 Å². The van der Waals surface area contributed by atoms with E-state index in [0.29, 0.717) is 13.0 Å². The zero-order valence-electron chi connectivity index (χ0n) is 10.9.